The molecule has 2 aromatic heterocycles. The molecule has 3 aromatic rings. The lowest BCUT2D eigenvalue weighted by Gasteiger charge is -2.39. The van der Waals surface area contributed by atoms with Crippen molar-refractivity contribution in [3.63, 3.8) is 0 Å². The summed E-state index contributed by atoms with van der Waals surface area (Å²) >= 11 is 0. The third-order valence-corrected chi connectivity index (χ3v) is 8.61. The van der Waals surface area contributed by atoms with Crippen molar-refractivity contribution in [2.45, 2.75) is 64.4 Å². The van der Waals surface area contributed by atoms with Crippen LogP contribution >= 0.6 is 0 Å². The molecule has 2 unspecified atom stereocenters. The molecule has 1 fully saturated rings. The lowest BCUT2D eigenvalue weighted by atomic mass is 9.80. The van der Waals surface area contributed by atoms with E-state index < -0.39 is 18.0 Å². The predicted molar refractivity (Wildman–Crippen MR) is 150 cm³/mol. The molecule has 8 heteroatoms. The van der Waals surface area contributed by atoms with Crippen LogP contribution < -0.4 is 4.74 Å². The van der Waals surface area contributed by atoms with Crippen molar-refractivity contribution < 1.29 is 19.7 Å². The fourth-order valence-corrected chi connectivity index (χ4v) is 6.35. The summed E-state index contributed by atoms with van der Waals surface area (Å²) in [6.07, 6.45) is 8.06. The van der Waals surface area contributed by atoms with Gasteiger partial charge in [-0.3, -0.25) is 9.78 Å². The van der Waals surface area contributed by atoms with E-state index in [0.29, 0.717) is 31.2 Å². The van der Waals surface area contributed by atoms with Crippen LogP contribution in [0.4, 0.5) is 0 Å². The zero-order valence-corrected chi connectivity index (χ0v) is 23.2. The predicted octanol–water partition coefficient (Wildman–Crippen LogP) is 4.80. The van der Waals surface area contributed by atoms with Gasteiger partial charge in [0.05, 0.1) is 24.6 Å². The summed E-state index contributed by atoms with van der Waals surface area (Å²) < 4.78 is 5.36. The SMILES string of the molecule is COc1ccc2nccc(C(O)CC[C@@H]3CCN(CC4CCc5nc(C(C)C)ncc5C4)C[C@@H]3C(=O)O)c2c1. The van der Waals surface area contributed by atoms with E-state index >= 15 is 0 Å². The number of aromatic nitrogens is 3. The van der Waals surface area contributed by atoms with Crippen molar-refractivity contribution in [3.05, 3.63) is 59.3 Å². The number of rotatable bonds is 9. The van der Waals surface area contributed by atoms with Gasteiger partial charge in [0.1, 0.15) is 11.6 Å². The van der Waals surface area contributed by atoms with E-state index in [2.05, 4.69) is 28.7 Å². The number of fused-ring (bicyclic) bond motifs is 2. The summed E-state index contributed by atoms with van der Waals surface area (Å²) in [4.78, 5) is 28.4. The van der Waals surface area contributed by atoms with Gasteiger partial charge in [-0.25, -0.2) is 9.97 Å². The number of likely N-dealkylation sites (tertiary alicyclic amines) is 1. The zero-order valence-electron chi connectivity index (χ0n) is 23.2. The quantitative estimate of drug-likeness (QED) is 0.405. The Labute approximate surface area is 230 Å². The van der Waals surface area contributed by atoms with Gasteiger partial charge in [0.25, 0.3) is 0 Å². The molecule has 1 aliphatic carbocycles. The van der Waals surface area contributed by atoms with Crippen molar-refractivity contribution in [3.8, 4) is 5.75 Å². The highest BCUT2D eigenvalue weighted by Gasteiger charge is 2.35. The van der Waals surface area contributed by atoms with Crippen LogP contribution in [0.1, 0.15) is 74.2 Å². The number of carboxylic acids is 1. The molecule has 0 radical (unpaired) electrons. The largest absolute Gasteiger partial charge is 0.497 e. The highest BCUT2D eigenvalue weighted by Crippen LogP contribution is 2.35. The first-order valence-electron chi connectivity index (χ1n) is 14.2. The molecule has 208 valence electrons. The number of pyridine rings is 1. The number of ether oxygens (including phenoxy) is 1. The molecular formula is C31H40N4O4. The molecule has 0 amide bonds. The van der Waals surface area contributed by atoms with Gasteiger partial charge < -0.3 is 19.8 Å². The van der Waals surface area contributed by atoms with Crippen LogP contribution in [0.15, 0.2) is 36.7 Å². The number of hydrogen-bond acceptors (Lipinski definition) is 7. The van der Waals surface area contributed by atoms with Gasteiger partial charge in [0, 0.05) is 42.5 Å². The number of benzene rings is 1. The van der Waals surface area contributed by atoms with Crippen LogP contribution in [0.2, 0.25) is 0 Å². The Bertz CT molecular complexity index is 1310. The normalized spacial score (nSPS) is 22.5. The first-order chi connectivity index (χ1) is 18.8. The highest BCUT2D eigenvalue weighted by atomic mass is 16.5. The van der Waals surface area contributed by atoms with Gasteiger partial charge in [0.15, 0.2) is 0 Å². The first-order valence-corrected chi connectivity index (χ1v) is 14.2. The standard InChI is InChI=1S/C31H40N4O4/c1-19(2)30-33-16-22-14-20(4-7-27(22)34-30)17-35-13-11-21(26(18-35)31(37)38)5-9-29(36)24-10-12-32-28-8-6-23(39-3)15-25(24)28/h6,8,10,12,15-16,19-21,26,29,36H,4-5,7,9,11,13-14,17-18H2,1-3H3,(H,37,38)/t20?,21-,26+,29?/m1/s1. The van der Waals surface area contributed by atoms with Gasteiger partial charge in [-0.1, -0.05) is 13.8 Å². The van der Waals surface area contributed by atoms with Crippen molar-refractivity contribution in [1.29, 1.82) is 0 Å². The number of carboxylic acid groups (broad SMARTS) is 1. The third kappa shape index (κ3) is 6.23. The molecule has 1 saturated heterocycles. The zero-order chi connectivity index (χ0) is 27.5. The second kappa shape index (κ2) is 12.0. The van der Waals surface area contributed by atoms with E-state index in [4.69, 9.17) is 9.72 Å². The number of aliphatic carboxylic acids is 1. The van der Waals surface area contributed by atoms with Gasteiger partial charge in [-0.05, 0) is 92.3 Å². The number of aliphatic hydroxyl groups is 1. The van der Waals surface area contributed by atoms with Crippen LogP contribution in [-0.4, -0.2) is 62.8 Å². The maximum atomic E-state index is 12.3. The Morgan fingerprint density at radius 1 is 1.21 bits per heavy atom. The van der Waals surface area contributed by atoms with E-state index in [-0.39, 0.29) is 5.92 Å². The van der Waals surface area contributed by atoms with Crippen molar-refractivity contribution in [2.24, 2.45) is 17.8 Å². The number of aliphatic hydroxyl groups excluding tert-OH is 1. The molecule has 8 nitrogen and oxygen atoms in total. The van der Waals surface area contributed by atoms with Crippen molar-refractivity contribution >= 4 is 16.9 Å². The fraction of sp³-hybridized carbons (Fsp3) is 0.548. The maximum absolute atomic E-state index is 12.3. The average molecular weight is 533 g/mol. The van der Waals surface area contributed by atoms with Gasteiger partial charge in [0.2, 0.25) is 0 Å². The van der Waals surface area contributed by atoms with E-state index in [1.807, 2.05) is 30.5 Å². The van der Waals surface area contributed by atoms with Crippen LogP contribution in [0.25, 0.3) is 10.9 Å². The minimum Gasteiger partial charge on any atom is -0.497 e. The van der Waals surface area contributed by atoms with E-state index in [0.717, 1.165) is 66.8 Å². The Kier molecular flexibility index (Phi) is 8.43. The van der Waals surface area contributed by atoms with Crippen LogP contribution in [-0.2, 0) is 17.6 Å². The fourth-order valence-electron chi connectivity index (χ4n) is 6.35. The molecule has 2 N–H and O–H groups in total. The van der Waals surface area contributed by atoms with E-state index in [1.54, 1.807) is 13.3 Å². The lowest BCUT2D eigenvalue weighted by molar-refractivity contribution is -0.146. The summed E-state index contributed by atoms with van der Waals surface area (Å²) in [5.74, 6) is 1.35. The summed E-state index contributed by atoms with van der Waals surface area (Å²) in [5, 5.41) is 22.1. The summed E-state index contributed by atoms with van der Waals surface area (Å²) in [6, 6.07) is 7.50. The highest BCUT2D eigenvalue weighted by molar-refractivity contribution is 5.83. The van der Waals surface area contributed by atoms with Crippen molar-refractivity contribution in [1.82, 2.24) is 19.9 Å². The topological polar surface area (TPSA) is 109 Å². The molecule has 1 aliphatic heterocycles. The second-order valence-corrected chi connectivity index (χ2v) is 11.6. The Morgan fingerprint density at radius 2 is 2.05 bits per heavy atom. The van der Waals surface area contributed by atoms with Crippen LogP contribution in [0.3, 0.4) is 0 Å². The molecule has 4 atom stereocenters. The van der Waals surface area contributed by atoms with E-state index in [1.165, 1.54) is 11.3 Å². The van der Waals surface area contributed by atoms with Crippen LogP contribution in [0.5, 0.6) is 5.75 Å². The molecule has 0 spiro atoms. The molecule has 39 heavy (non-hydrogen) atoms. The Hall–Kier alpha value is -3.10. The molecular weight excluding hydrogens is 492 g/mol. The Balaban J connectivity index is 1.18. The third-order valence-electron chi connectivity index (χ3n) is 8.61. The molecule has 2 aliphatic rings. The summed E-state index contributed by atoms with van der Waals surface area (Å²) in [6.45, 7) is 6.61. The minimum absolute atomic E-state index is 0.0472. The van der Waals surface area contributed by atoms with Gasteiger partial charge in [-0.2, -0.15) is 0 Å². The second-order valence-electron chi connectivity index (χ2n) is 11.6. The van der Waals surface area contributed by atoms with Gasteiger partial charge in [-0.15, -0.1) is 0 Å². The molecule has 5 rings (SSSR count). The molecule has 3 heterocycles. The van der Waals surface area contributed by atoms with Crippen molar-refractivity contribution in [2.75, 3.05) is 26.7 Å². The minimum atomic E-state index is -0.734. The smallest absolute Gasteiger partial charge is 0.308 e. The first kappa shape index (κ1) is 27.5. The molecule has 0 bridgehead atoms. The molecule has 1 aromatic carbocycles. The number of nitrogens with zero attached hydrogens (tertiary/aromatic N) is 4. The van der Waals surface area contributed by atoms with E-state index in [9.17, 15) is 15.0 Å². The number of hydrogen-bond donors (Lipinski definition) is 2. The number of carbonyl (C=O) groups is 1. The average Bonchev–Trinajstić information content (AvgIpc) is 2.95. The maximum Gasteiger partial charge on any atom is 0.308 e. The number of methoxy groups -OCH3 is 1. The van der Waals surface area contributed by atoms with Gasteiger partial charge >= 0.3 is 5.97 Å². The van der Waals surface area contributed by atoms with Crippen LogP contribution in [0, 0.1) is 17.8 Å². The molecule has 0 saturated carbocycles. The lowest BCUT2D eigenvalue weighted by Crippen LogP contribution is -2.46. The Morgan fingerprint density at radius 3 is 2.82 bits per heavy atom. The summed E-state index contributed by atoms with van der Waals surface area (Å²) in [7, 11) is 1.62. The number of aryl methyl sites for hydroxylation is 1. The monoisotopic (exact) mass is 532 g/mol. The number of piperidine rings is 1. The summed E-state index contributed by atoms with van der Waals surface area (Å²) in [5.41, 5.74) is 4.05.